The van der Waals surface area contributed by atoms with Gasteiger partial charge in [-0.15, -0.1) is 0 Å². The quantitative estimate of drug-likeness (QED) is 0.905. The summed E-state index contributed by atoms with van der Waals surface area (Å²) < 4.78 is 40.7. The van der Waals surface area contributed by atoms with Crippen molar-refractivity contribution >= 4 is 10.9 Å². The number of benzene rings is 1. The standard InChI is InChI=1S/C14H17F3N2/c1-9(18-2)7-11-8-10-5-4-6-12(14(15,16)17)13(10)19(11)3/h4-6,8-9,18H,7H2,1-3H3. The highest BCUT2D eigenvalue weighted by atomic mass is 19.4. The van der Waals surface area contributed by atoms with Crippen molar-refractivity contribution in [1.29, 1.82) is 0 Å². The smallest absolute Gasteiger partial charge is 0.347 e. The molecule has 0 saturated carbocycles. The molecule has 0 bridgehead atoms. The van der Waals surface area contributed by atoms with E-state index in [1.807, 2.05) is 20.0 Å². The van der Waals surface area contributed by atoms with Gasteiger partial charge in [-0.25, -0.2) is 0 Å². The lowest BCUT2D eigenvalue weighted by atomic mass is 10.1. The second kappa shape index (κ2) is 4.89. The van der Waals surface area contributed by atoms with E-state index in [1.165, 1.54) is 6.07 Å². The topological polar surface area (TPSA) is 17.0 Å². The lowest BCUT2D eigenvalue weighted by Crippen LogP contribution is -2.24. The summed E-state index contributed by atoms with van der Waals surface area (Å²) in [4.78, 5) is 0. The molecule has 1 aromatic heterocycles. The fourth-order valence-electron chi connectivity index (χ4n) is 2.31. The second-order valence-corrected chi connectivity index (χ2v) is 4.83. The van der Waals surface area contributed by atoms with Crippen LogP contribution in [0.3, 0.4) is 0 Å². The van der Waals surface area contributed by atoms with Crippen molar-refractivity contribution < 1.29 is 13.2 Å². The number of hydrogen-bond donors (Lipinski definition) is 1. The van der Waals surface area contributed by atoms with Gasteiger partial charge >= 0.3 is 6.18 Å². The third kappa shape index (κ3) is 2.61. The van der Waals surface area contributed by atoms with Gasteiger partial charge in [0.1, 0.15) is 0 Å². The Hall–Kier alpha value is -1.49. The van der Waals surface area contributed by atoms with Gasteiger partial charge in [-0.05, 0) is 26.1 Å². The predicted molar refractivity (Wildman–Crippen MR) is 70.1 cm³/mol. The Labute approximate surface area is 110 Å². The van der Waals surface area contributed by atoms with Gasteiger partial charge in [0.05, 0.1) is 11.1 Å². The maximum atomic E-state index is 13.0. The summed E-state index contributed by atoms with van der Waals surface area (Å²) in [6.07, 6.45) is -3.63. The first kappa shape index (κ1) is 13.9. The molecule has 1 N–H and O–H groups in total. The molecule has 2 nitrogen and oxygen atoms in total. The zero-order chi connectivity index (χ0) is 14.2. The molecule has 0 fully saturated rings. The largest absolute Gasteiger partial charge is 0.418 e. The Morgan fingerprint density at radius 3 is 2.58 bits per heavy atom. The average Bonchev–Trinajstić information content (AvgIpc) is 2.65. The molecule has 2 rings (SSSR count). The van der Waals surface area contributed by atoms with Crippen LogP contribution in [0.5, 0.6) is 0 Å². The molecule has 1 unspecified atom stereocenters. The zero-order valence-corrected chi connectivity index (χ0v) is 11.2. The first-order valence-corrected chi connectivity index (χ1v) is 6.16. The van der Waals surface area contributed by atoms with E-state index >= 15 is 0 Å². The van der Waals surface area contributed by atoms with Gasteiger partial charge in [-0.3, -0.25) is 0 Å². The number of fused-ring (bicyclic) bond motifs is 1. The molecule has 1 aromatic carbocycles. The van der Waals surface area contributed by atoms with Crippen molar-refractivity contribution in [3.05, 3.63) is 35.5 Å². The number of halogens is 3. The number of aromatic nitrogens is 1. The molecule has 1 heterocycles. The fourth-order valence-corrected chi connectivity index (χ4v) is 2.31. The van der Waals surface area contributed by atoms with Crippen LogP contribution in [0.4, 0.5) is 13.2 Å². The molecule has 0 saturated heterocycles. The number of alkyl halides is 3. The van der Waals surface area contributed by atoms with E-state index in [0.717, 1.165) is 11.8 Å². The maximum Gasteiger partial charge on any atom is 0.418 e. The van der Waals surface area contributed by atoms with E-state index in [4.69, 9.17) is 0 Å². The Morgan fingerprint density at radius 1 is 1.32 bits per heavy atom. The number of nitrogens with one attached hydrogen (secondary N) is 1. The van der Waals surface area contributed by atoms with Crippen LogP contribution < -0.4 is 5.32 Å². The highest BCUT2D eigenvalue weighted by molar-refractivity contribution is 5.85. The summed E-state index contributed by atoms with van der Waals surface area (Å²) in [7, 11) is 3.53. The SMILES string of the molecule is CNC(C)Cc1cc2cccc(C(F)(F)F)c2n1C. The van der Waals surface area contributed by atoms with E-state index in [-0.39, 0.29) is 11.6 Å². The molecule has 1 atom stereocenters. The number of aryl methyl sites for hydroxylation is 1. The summed E-state index contributed by atoms with van der Waals surface area (Å²) in [6, 6.07) is 6.36. The van der Waals surface area contributed by atoms with E-state index < -0.39 is 11.7 Å². The number of likely N-dealkylation sites (N-methyl/N-ethyl adjacent to an activating group) is 1. The Morgan fingerprint density at radius 2 is 2.00 bits per heavy atom. The number of hydrogen-bond acceptors (Lipinski definition) is 1. The zero-order valence-electron chi connectivity index (χ0n) is 11.2. The minimum absolute atomic E-state index is 0.220. The van der Waals surface area contributed by atoms with Crippen LogP contribution in [0.25, 0.3) is 10.9 Å². The normalized spacial score (nSPS) is 14.0. The monoisotopic (exact) mass is 270 g/mol. The minimum Gasteiger partial charge on any atom is -0.347 e. The van der Waals surface area contributed by atoms with Gasteiger partial charge in [0.2, 0.25) is 0 Å². The molecule has 0 amide bonds. The lowest BCUT2D eigenvalue weighted by molar-refractivity contribution is -0.136. The first-order chi connectivity index (χ1) is 8.84. The average molecular weight is 270 g/mol. The van der Waals surface area contributed by atoms with Gasteiger partial charge in [0.15, 0.2) is 0 Å². The van der Waals surface area contributed by atoms with Crippen LogP contribution in [-0.4, -0.2) is 17.7 Å². The summed E-state index contributed by atoms with van der Waals surface area (Å²) in [5.74, 6) is 0. The molecular weight excluding hydrogens is 253 g/mol. The first-order valence-electron chi connectivity index (χ1n) is 6.16. The molecule has 0 aliphatic rings. The van der Waals surface area contributed by atoms with Crippen LogP contribution in [-0.2, 0) is 19.6 Å². The van der Waals surface area contributed by atoms with Gasteiger partial charge in [0, 0.05) is 30.6 Å². The predicted octanol–water partition coefficient (Wildman–Crippen LogP) is 3.35. The van der Waals surface area contributed by atoms with Crippen LogP contribution in [0.15, 0.2) is 24.3 Å². The summed E-state index contributed by atoms with van der Waals surface area (Å²) >= 11 is 0. The molecule has 19 heavy (non-hydrogen) atoms. The van der Waals surface area contributed by atoms with E-state index in [2.05, 4.69) is 5.32 Å². The number of nitrogens with zero attached hydrogens (tertiary/aromatic N) is 1. The third-order valence-electron chi connectivity index (χ3n) is 3.47. The fraction of sp³-hybridized carbons (Fsp3) is 0.429. The highest BCUT2D eigenvalue weighted by Crippen LogP contribution is 2.35. The summed E-state index contributed by atoms with van der Waals surface area (Å²) in [6.45, 7) is 2.00. The molecule has 5 heteroatoms. The van der Waals surface area contributed by atoms with E-state index in [1.54, 1.807) is 17.7 Å². The van der Waals surface area contributed by atoms with Crippen LogP contribution in [0.1, 0.15) is 18.2 Å². The molecule has 0 aliphatic heterocycles. The lowest BCUT2D eigenvalue weighted by Gasteiger charge is -2.13. The Kier molecular flexibility index (Phi) is 3.58. The molecule has 0 spiro atoms. The van der Waals surface area contributed by atoms with Crippen molar-refractivity contribution in [1.82, 2.24) is 9.88 Å². The maximum absolute atomic E-state index is 13.0. The van der Waals surface area contributed by atoms with Crippen LogP contribution >= 0.6 is 0 Å². The summed E-state index contributed by atoms with van der Waals surface area (Å²) in [5, 5.41) is 3.73. The molecule has 2 aromatic rings. The summed E-state index contributed by atoms with van der Waals surface area (Å²) in [5.41, 5.74) is 0.581. The molecule has 0 aliphatic carbocycles. The van der Waals surface area contributed by atoms with Crippen molar-refractivity contribution in [2.75, 3.05) is 7.05 Å². The Bertz CT molecular complexity index is 584. The minimum atomic E-state index is -4.32. The van der Waals surface area contributed by atoms with Crippen molar-refractivity contribution in [3.63, 3.8) is 0 Å². The molecule has 0 radical (unpaired) electrons. The Balaban J connectivity index is 2.58. The van der Waals surface area contributed by atoms with Gasteiger partial charge in [-0.1, -0.05) is 12.1 Å². The van der Waals surface area contributed by atoms with Crippen LogP contribution in [0.2, 0.25) is 0 Å². The van der Waals surface area contributed by atoms with E-state index in [9.17, 15) is 13.2 Å². The second-order valence-electron chi connectivity index (χ2n) is 4.83. The van der Waals surface area contributed by atoms with Gasteiger partial charge in [-0.2, -0.15) is 13.2 Å². The highest BCUT2D eigenvalue weighted by Gasteiger charge is 2.33. The van der Waals surface area contributed by atoms with Crippen molar-refractivity contribution in [3.8, 4) is 0 Å². The van der Waals surface area contributed by atoms with E-state index in [0.29, 0.717) is 11.8 Å². The molecule has 104 valence electrons. The van der Waals surface area contributed by atoms with Crippen molar-refractivity contribution in [2.45, 2.75) is 25.6 Å². The molecular formula is C14H17F3N2. The van der Waals surface area contributed by atoms with Crippen LogP contribution in [0, 0.1) is 0 Å². The third-order valence-corrected chi connectivity index (χ3v) is 3.47. The van der Waals surface area contributed by atoms with Gasteiger partial charge in [0.25, 0.3) is 0 Å². The van der Waals surface area contributed by atoms with Gasteiger partial charge < -0.3 is 9.88 Å². The number of para-hydroxylation sites is 1. The van der Waals surface area contributed by atoms with Crippen molar-refractivity contribution in [2.24, 2.45) is 7.05 Å². The number of rotatable bonds is 3.